The van der Waals surface area contributed by atoms with Gasteiger partial charge in [0.15, 0.2) is 6.10 Å². The average molecular weight is 1020 g/mol. The van der Waals surface area contributed by atoms with Crippen molar-refractivity contribution in [1.82, 2.24) is 0 Å². The summed E-state index contributed by atoms with van der Waals surface area (Å²) in [6.45, 7) is 6.68. The van der Waals surface area contributed by atoms with E-state index in [1.165, 1.54) is 270 Å². The van der Waals surface area contributed by atoms with Gasteiger partial charge in [-0.15, -0.1) is 0 Å². The Labute approximate surface area is 450 Å². The molecule has 6 heteroatoms. The van der Waals surface area contributed by atoms with Gasteiger partial charge in [0.2, 0.25) is 0 Å². The largest absolute Gasteiger partial charge is 0.462 e. The lowest BCUT2D eigenvalue weighted by molar-refractivity contribution is -0.167. The topological polar surface area (TPSA) is 78.9 Å². The van der Waals surface area contributed by atoms with Gasteiger partial charge in [0.25, 0.3) is 0 Å². The monoisotopic (exact) mass is 1010 g/mol. The first kappa shape index (κ1) is 70.1. The predicted molar refractivity (Wildman–Crippen MR) is 312 cm³/mol. The molecule has 0 aromatic carbocycles. The Balaban J connectivity index is 4.07. The van der Waals surface area contributed by atoms with Crippen molar-refractivity contribution in [3.8, 4) is 0 Å². The van der Waals surface area contributed by atoms with Crippen LogP contribution in [0.15, 0.2) is 12.2 Å². The van der Waals surface area contributed by atoms with Crippen LogP contribution in [0.2, 0.25) is 0 Å². The highest BCUT2D eigenvalue weighted by molar-refractivity contribution is 5.71. The van der Waals surface area contributed by atoms with Gasteiger partial charge in [-0.25, -0.2) is 0 Å². The van der Waals surface area contributed by atoms with E-state index in [0.717, 1.165) is 64.2 Å². The van der Waals surface area contributed by atoms with E-state index in [1.807, 2.05) is 0 Å². The molecule has 6 nitrogen and oxygen atoms in total. The van der Waals surface area contributed by atoms with Gasteiger partial charge >= 0.3 is 17.9 Å². The summed E-state index contributed by atoms with van der Waals surface area (Å²) in [5.74, 6) is -0.850. The molecule has 0 aliphatic heterocycles. The normalized spacial score (nSPS) is 12.0. The van der Waals surface area contributed by atoms with Crippen LogP contribution >= 0.6 is 0 Å². The van der Waals surface area contributed by atoms with Gasteiger partial charge in [-0.2, -0.15) is 0 Å². The van der Waals surface area contributed by atoms with Crippen LogP contribution in [0.5, 0.6) is 0 Å². The number of ether oxygens (including phenoxy) is 3. The van der Waals surface area contributed by atoms with E-state index in [4.69, 9.17) is 14.2 Å². The summed E-state index contributed by atoms with van der Waals surface area (Å²) < 4.78 is 16.9. The number of hydrogen-bond donors (Lipinski definition) is 0. The molecule has 0 N–H and O–H groups in total. The van der Waals surface area contributed by atoms with E-state index in [9.17, 15) is 14.4 Å². The Morgan fingerprint density at radius 2 is 0.458 bits per heavy atom. The van der Waals surface area contributed by atoms with E-state index >= 15 is 0 Å². The van der Waals surface area contributed by atoms with Crippen LogP contribution in [0.25, 0.3) is 0 Å². The highest BCUT2D eigenvalue weighted by atomic mass is 16.6. The lowest BCUT2D eigenvalue weighted by atomic mass is 10.0. The summed E-state index contributed by atoms with van der Waals surface area (Å²) >= 11 is 0. The summed E-state index contributed by atoms with van der Waals surface area (Å²) in [5.41, 5.74) is 0. The van der Waals surface area contributed by atoms with Crippen LogP contribution in [-0.4, -0.2) is 37.2 Å². The van der Waals surface area contributed by atoms with E-state index in [-0.39, 0.29) is 31.1 Å². The number of unbranched alkanes of at least 4 members (excludes halogenated alkanes) is 48. The maximum absolute atomic E-state index is 12.8. The van der Waals surface area contributed by atoms with Crippen molar-refractivity contribution >= 4 is 17.9 Å². The average Bonchev–Trinajstić information content (AvgIpc) is 3.38. The molecule has 0 heterocycles. The third-order valence-electron chi connectivity index (χ3n) is 15.0. The molecule has 0 saturated carbocycles. The van der Waals surface area contributed by atoms with Crippen LogP contribution in [-0.2, 0) is 28.6 Å². The van der Waals surface area contributed by atoms with Gasteiger partial charge in [0.05, 0.1) is 0 Å². The minimum Gasteiger partial charge on any atom is -0.462 e. The van der Waals surface area contributed by atoms with Gasteiger partial charge in [0, 0.05) is 19.3 Å². The van der Waals surface area contributed by atoms with Crippen LogP contribution in [0.4, 0.5) is 0 Å². The Kier molecular flexibility index (Phi) is 60.1. The van der Waals surface area contributed by atoms with Gasteiger partial charge < -0.3 is 14.2 Å². The minimum absolute atomic E-state index is 0.0673. The van der Waals surface area contributed by atoms with Crippen molar-refractivity contribution < 1.29 is 28.6 Å². The van der Waals surface area contributed by atoms with E-state index in [2.05, 4.69) is 32.9 Å². The maximum Gasteiger partial charge on any atom is 0.306 e. The number of rotatable bonds is 61. The molecule has 426 valence electrons. The molecule has 0 radical (unpaired) electrons. The smallest absolute Gasteiger partial charge is 0.306 e. The highest BCUT2D eigenvalue weighted by Crippen LogP contribution is 2.18. The second kappa shape index (κ2) is 61.7. The minimum atomic E-state index is -0.769. The summed E-state index contributed by atoms with van der Waals surface area (Å²) in [5, 5.41) is 0. The van der Waals surface area contributed by atoms with E-state index in [1.54, 1.807) is 0 Å². The third kappa shape index (κ3) is 59.0. The molecule has 0 saturated heterocycles. The van der Waals surface area contributed by atoms with Crippen molar-refractivity contribution in [2.24, 2.45) is 0 Å². The molecule has 0 aromatic heterocycles. The first-order valence-corrected chi connectivity index (χ1v) is 32.7. The summed E-state index contributed by atoms with van der Waals surface area (Å²) in [7, 11) is 0. The predicted octanol–water partition coefficient (Wildman–Crippen LogP) is 22.1. The zero-order valence-electron chi connectivity index (χ0n) is 49.0. The van der Waals surface area contributed by atoms with Crippen LogP contribution < -0.4 is 0 Å². The van der Waals surface area contributed by atoms with Crippen molar-refractivity contribution in [2.45, 2.75) is 380 Å². The van der Waals surface area contributed by atoms with E-state index < -0.39 is 6.10 Å². The van der Waals surface area contributed by atoms with Crippen molar-refractivity contribution in [3.63, 3.8) is 0 Å². The number of carbonyl (C=O) groups excluding carboxylic acids is 3. The molecule has 0 aliphatic rings. The standard InChI is InChI=1S/C66H126O6/c1-4-7-10-13-16-19-22-24-26-27-28-29-30-31-32-33-34-35-36-37-38-39-40-42-44-47-50-53-56-59-65(68)71-62-63(61-70-64(67)58-55-52-49-46-43-21-18-15-12-9-6-3)72-66(69)60-57-54-51-48-45-41-25-23-20-17-14-11-8-5-2/h23,25,63H,4-22,24,26-62H2,1-3H3/b25-23-. The molecule has 0 bridgehead atoms. The fourth-order valence-corrected chi connectivity index (χ4v) is 10.1. The Hall–Kier alpha value is -1.85. The molecule has 0 fully saturated rings. The highest BCUT2D eigenvalue weighted by Gasteiger charge is 2.19. The second-order valence-corrected chi connectivity index (χ2v) is 22.4. The molecule has 0 aromatic rings. The molecule has 72 heavy (non-hydrogen) atoms. The Morgan fingerprint density at radius 1 is 0.264 bits per heavy atom. The van der Waals surface area contributed by atoms with Gasteiger partial charge in [-0.3, -0.25) is 14.4 Å². The quantitative estimate of drug-likeness (QED) is 0.0261. The Bertz CT molecular complexity index is 1120. The first-order valence-electron chi connectivity index (χ1n) is 32.7. The number of carbonyl (C=O) groups is 3. The number of allylic oxidation sites excluding steroid dienone is 2. The van der Waals surface area contributed by atoms with Crippen molar-refractivity contribution in [1.29, 1.82) is 0 Å². The maximum atomic E-state index is 12.8. The van der Waals surface area contributed by atoms with Crippen LogP contribution in [0, 0.1) is 0 Å². The fraction of sp³-hybridized carbons (Fsp3) is 0.924. The summed E-state index contributed by atoms with van der Waals surface area (Å²) in [6.07, 6.45) is 72.4. The van der Waals surface area contributed by atoms with Crippen LogP contribution in [0.3, 0.4) is 0 Å². The zero-order chi connectivity index (χ0) is 52.2. The summed E-state index contributed by atoms with van der Waals surface area (Å²) in [6, 6.07) is 0. The fourth-order valence-electron chi connectivity index (χ4n) is 10.1. The van der Waals surface area contributed by atoms with Crippen molar-refractivity contribution in [3.05, 3.63) is 12.2 Å². The Morgan fingerprint density at radius 3 is 0.694 bits per heavy atom. The molecule has 1 unspecified atom stereocenters. The second-order valence-electron chi connectivity index (χ2n) is 22.4. The van der Waals surface area contributed by atoms with Crippen molar-refractivity contribution in [2.75, 3.05) is 13.2 Å². The molecule has 1 atom stereocenters. The number of esters is 3. The molecule has 0 spiro atoms. The summed E-state index contributed by atoms with van der Waals surface area (Å²) in [4.78, 5) is 38.2. The molecular weight excluding hydrogens is 889 g/mol. The molecular formula is C66H126O6. The lowest BCUT2D eigenvalue weighted by Crippen LogP contribution is -2.30. The molecule has 0 aliphatic carbocycles. The number of hydrogen-bond acceptors (Lipinski definition) is 6. The van der Waals surface area contributed by atoms with Gasteiger partial charge in [-0.05, 0) is 44.9 Å². The van der Waals surface area contributed by atoms with Gasteiger partial charge in [0.1, 0.15) is 13.2 Å². The molecule has 0 amide bonds. The first-order chi connectivity index (χ1) is 35.5. The van der Waals surface area contributed by atoms with Crippen LogP contribution in [0.1, 0.15) is 374 Å². The van der Waals surface area contributed by atoms with Gasteiger partial charge in [-0.1, -0.05) is 322 Å². The van der Waals surface area contributed by atoms with E-state index in [0.29, 0.717) is 19.3 Å². The third-order valence-corrected chi connectivity index (χ3v) is 15.0. The SMILES string of the molecule is CCCCCCC/C=C\CCCCCCCC(=O)OC(COC(=O)CCCCCCCCCCCCC)COC(=O)CCCCCCCCCCCCCCCCCCCCCCCCCCCCCCC. The zero-order valence-corrected chi connectivity index (χ0v) is 49.0. The molecule has 0 rings (SSSR count). The lowest BCUT2D eigenvalue weighted by Gasteiger charge is -2.18.